The van der Waals surface area contributed by atoms with Crippen molar-refractivity contribution in [2.75, 3.05) is 0 Å². The van der Waals surface area contributed by atoms with Crippen molar-refractivity contribution in [2.24, 2.45) is 7.05 Å². The van der Waals surface area contributed by atoms with E-state index in [1.807, 2.05) is 0 Å². The van der Waals surface area contributed by atoms with Gasteiger partial charge in [-0.3, -0.25) is 9.36 Å². The number of pyridine rings is 1. The van der Waals surface area contributed by atoms with Crippen molar-refractivity contribution < 1.29 is 22.3 Å². The van der Waals surface area contributed by atoms with Crippen LogP contribution in [0.3, 0.4) is 0 Å². The predicted molar refractivity (Wildman–Crippen MR) is 115 cm³/mol. The maximum atomic E-state index is 13.6. The number of benzene rings is 2. The fourth-order valence-corrected chi connectivity index (χ4v) is 3.44. The lowest BCUT2D eigenvalue weighted by atomic mass is 10.0. The zero-order chi connectivity index (χ0) is 24.6. The summed E-state index contributed by atoms with van der Waals surface area (Å²) in [5, 5.41) is 5.98. The van der Waals surface area contributed by atoms with Crippen molar-refractivity contribution in [1.82, 2.24) is 19.3 Å². The van der Waals surface area contributed by atoms with Gasteiger partial charge in [0, 0.05) is 13.2 Å². The van der Waals surface area contributed by atoms with Gasteiger partial charge in [-0.1, -0.05) is 18.2 Å². The van der Waals surface area contributed by atoms with E-state index in [9.17, 15) is 27.2 Å². The third-order valence-corrected chi connectivity index (χ3v) is 5.28. The van der Waals surface area contributed by atoms with E-state index in [0.29, 0.717) is 11.1 Å². The van der Waals surface area contributed by atoms with Crippen LogP contribution in [0.1, 0.15) is 17.0 Å². The highest BCUT2D eigenvalue weighted by molar-refractivity contribution is 5.68. The molecule has 2 aromatic heterocycles. The number of ether oxygens (including phenoxy) is 1. The molecule has 0 saturated carbocycles. The molecule has 0 unspecified atom stereocenters. The molecule has 1 N–H and O–H groups in total. The van der Waals surface area contributed by atoms with Crippen LogP contribution in [0.25, 0.3) is 11.1 Å². The molecule has 0 radical (unpaired) electrons. The summed E-state index contributed by atoms with van der Waals surface area (Å²) in [5.74, 6) is -1.12. The summed E-state index contributed by atoms with van der Waals surface area (Å²) in [5.41, 5.74) is -0.694. The highest BCUT2D eigenvalue weighted by Crippen LogP contribution is 2.37. The number of nitrogens with one attached hydrogen (secondary N) is 1. The van der Waals surface area contributed by atoms with E-state index in [2.05, 4.69) is 10.2 Å². The molecule has 0 aliphatic heterocycles. The van der Waals surface area contributed by atoms with Gasteiger partial charge in [-0.05, 0) is 53.9 Å². The van der Waals surface area contributed by atoms with Crippen molar-refractivity contribution >= 4 is 0 Å². The number of hydrogen-bond donors (Lipinski definition) is 1. The summed E-state index contributed by atoms with van der Waals surface area (Å²) in [6, 6.07) is 11.0. The van der Waals surface area contributed by atoms with Gasteiger partial charge in [-0.15, -0.1) is 0 Å². The standard InChI is InChI=1S/C23H18F4N4O3/c1-13-11-16(7-8-17(13)14-3-5-15(24)6-4-14)34-20-18(23(25,26)27)9-10-31(21(20)32)12-19-28-29-22(33)30(19)2/h3-11H,12H2,1-2H3,(H,29,33). The smallest absolute Gasteiger partial charge is 0.420 e. The van der Waals surface area contributed by atoms with E-state index in [1.54, 1.807) is 25.1 Å². The number of hydrogen-bond acceptors (Lipinski definition) is 4. The first-order valence-corrected chi connectivity index (χ1v) is 10.00. The molecule has 4 rings (SSSR count). The third kappa shape index (κ3) is 4.49. The molecule has 0 aliphatic rings. The maximum absolute atomic E-state index is 13.6. The van der Waals surface area contributed by atoms with Crippen molar-refractivity contribution in [2.45, 2.75) is 19.6 Å². The first-order chi connectivity index (χ1) is 16.0. The SMILES string of the molecule is Cc1cc(Oc2c(C(F)(F)F)ccn(Cc3n[nH]c(=O)n3C)c2=O)ccc1-c1ccc(F)cc1. The number of aromatic amines is 1. The quantitative estimate of drug-likeness (QED) is 0.439. The van der Waals surface area contributed by atoms with E-state index >= 15 is 0 Å². The number of aryl methyl sites for hydroxylation is 1. The first kappa shape index (κ1) is 23.0. The number of rotatable bonds is 5. The van der Waals surface area contributed by atoms with E-state index in [0.717, 1.165) is 27.0 Å². The monoisotopic (exact) mass is 474 g/mol. The van der Waals surface area contributed by atoms with Crippen molar-refractivity contribution in [3.8, 4) is 22.6 Å². The Labute approximate surface area is 189 Å². The lowest BCUT2D eigenvalue weighted by molar-refractivity contribution is -0.138. The normalized spacial score (nSPS) is 11.6. The van der Waals surface area contributed by atoms with Crippen LogP contribution in [0.15, 0.2) is 64.3 Å². The minimum Gasteiger partial charge on any atom is -0.451 e. The molecular formula is C23H18F4N4O3. The summed E-state index contributed by atoms with van der Waals surface area (Å²) >= 11 is 0. The molecule has 0 spiro atoms. The van der Waals surface area contributed by atoms with Crippen molar-refractivity contribution in [3.63, 3.8) is 0 Å². The highest BCUT2D eigenvalue weighted by Gasteiger charge is 2.36. The summed E-state index contributed by atoms with van der Waals surface area (Å²) in [7, 11) is 1.42. The molecule has 0 aliphatic carbocycles. The summed E-state index contributed by atoms with van der Waals surface area (Å²) in [4.78, 5) is 24.5. The Morgan fingerprint density at radius 1 is 1.06 bits per heavy atom. The van der Waals surface area contributed by atoms with Crippen LogP contribution in [-0.2, 0) is 19.8 Å². The first-order valence-electron chi connectivity index (χ1n) is 10.00. The summed E-state index contributed by atoms with van der Waals surface area (Å²) in [6.45, 7) is 1.47. The Morgan fingerprint density at radius 3 is 2.35 bits per heavy atom. The molecule has 34 heavy (non-hydrogen) atoms. The van der Waals surface area contributed by atoms with Gasteiger partial charge in [0.1, 0.15) is 17.1 Å². The molecule has 0 saturated heterocycles. The molecule has 11 heteroatoms. The van der Waals surface area contributed by atoms with Gasteiger partial charge < -0.3 is 9.30 Å². The third-order valence-electron chi connectivity index (χ3n) is 5.28. The van der Waals surface area contributed by atoms with Crippen LogP contribution < -0.4 is 16.0 Å². The van der Waals surface area contributed by atoms with Crippen LogP contribution in [0.4, 0.5) is 17.6 Å². The van der Waals surface area contributed by atoms with Gasteiger partial charge in [0.2, 0.25) is 5.75 Å². The Morgan fingerprint density at radius 2 is 1.76 bits per heavy atom. The van der Waals surface area contributed by atoms with Gasteiger partial charge in [0.25, 0.3) is 5.56 Å². The molecule has 2 aromatic carbocycles. The summed E-state index contributed by atoms with van der Waals surface area (Å²) < 4.78 is 61.7. The second-order valence-electron chi connectivity index (χ2n) is 7.58. The Hall–Kier alpha value is -4.15. The number of halogens is 4. The molecule has 4 aromatic rings. The van der Waals surface area contributed by atoms with Gasteiger partial charge in [0.15, 0.2) is 5.82 Å². The fourth-order valence-electron chi connectivity index (χ4n) is 3.44. The average molecular weight is 474 g/mol. The second-order valence-corrected chi connectivity index (χ2v) is 7.58. The van der Waals surface area contributed by atoms with E-state index in [1.165, 1.54) is 31.3 Å². The number of alkyl halides is 3. The van der Waals surface area contributed by atoms with E-state index in [4.69, 9.17) is 4.74 Å². The minimum absolute atomic E-state index is 0.0240. The van der Waals surface area contributed by atoms with Crippen LogP contribution in [0.5, 0.6) is 11.5 Å². The Bertz CT molecular complexity index is 1470. The van der Waals surface area contributed by atoms with Gasteiger partial charge in [-0.2, -0.15) is 18.3 Å². The summed E-state index contributed by atoms with van der Waals surface area (Å²) in [6.07, 6.45) is -3.87. The van der Waals surface area contributed by atoms with Crippen molar-refractivity contribution in [1.29, 1.82) is 0 Å². The van der Waals surface area contributed by atoms with Crippen LogP contribution in [0.2, 0.25) is 0 Å². The maximum Gasteiger partial charge on any atom is 0.420 e. The molecule has 0 atom stereocenters. The van der Waals surface area contributed by atoms with Crippen LogP contribution >= 0.6 is 0 Å². The van der Waals surface area contributed by atoms with Gasteiger partial charge in [-0.25, -0.2) is 14.3 Å². The molecular weight excluding hydrogens is 456 g/mol. The van der Waals surface area contributed by atoms with Crippen LogP contribution in [-0.4, -0.2) is 19.3 Å². The number of nitrogens with zero attached hydrogens (tertiary/aromatic N) is 3. The Kier molecular flexibility index (Phi) is 5.86. The second kappa shape index (κ2) is 8.65. The lowest BCUT2D eigenvalue weighted by Gasteiger charge is -2.16. The topological polar surface area (TPSA) is 81.9 Å². The van der Waals surface area contributed by atoms with Crippen LogP contribution in [0, 0.1) is 12.7 Å². The zero-order valence-corrected chi connectivity index (χ0v) is 18.0. The average Bonchev–Trinajstić information content (AvgIpc) is 3.09. The lowest BCUT2D eigenvalue weighted by Crippen LogP contribution is -2.26. The van der Waals surface area contributed by atoms with Crippen molar-refractivity contribution in [3.05, 3.63) is 98.3 Å². The Balaban J connectivity index is 1.73. The minimum atomic E-state index is -4.84. The molecule has 0 amide bonds. The molecule has 176 valence electrons. The van der Waals surface area contributed by atoms with Gasteiger partial charge in [0.05, 0.1) is 6.54 Å². The molecule has 7 nitrogen and oxygen atoms in total. The van der Waals surface area contributed by atoms with E-state index in [-0.39, 0.29) is 18.1 Å². The fraction of sp³-hybridized carbons (Fsp3) is 0.174. The molecule has 0 bridgehead atoms. The molecule has 0 fully saturated rings. The molecule has 2 heterocycles. The largest absolute Gasteiger partial charge is 0.451 e. The number of aromatic nitrogens is 4. The zero-order valence-electron chi connectivity index (χ0n) is 18.0. The number of H-pyrrole nitrogens is 1. The van der Waals surface area contributed by atoms with E-state index < -0.39 is 34.6 Å². The predicted octanol–water partition coefficient (Wildman–Crippen LogP) is 4.24. The van der Waals surface area contributed by atoms with Gasteiger partial charge >= 0.3 is 11.9 Å². The highest BCUT2D eigenvalue weighted by atomic mass is 19.4.